The van der Waals surface area contributed by atoms with Gasteiger partial charge in [-0.2, -0.15) is 5.10 Å². The summed E-state index contributed by atoms with van der Waals surface area (Å²) in [6.07, 6.45) is 0. The van der Waals surface area contributed by atoms with Crippen molar-refractivity contribution in [1.82, 2.24) is 21.0 Å². The molecule has 0 radical (unpaired) electrons. The van der Waals surface area contributed by atoms with Crippen molar-refractivity contribution in [3.05, 3.63) is 70.1 Å². The molecule has 2 aromatic carbocycles. The second-order valence-corrected chi connectivity index (χ2v) is 6.60. The number of benzene rings is 2. The number of aromatic nitrogens is 2. The van der Waals surface area contributed by atoms with Crippen LogP contribution in [-0.2, 0) is 4.79 Å². The van der Waals surface area contributed by atoms with E-state index >= 15 is 0 Å². The van der Waals surface area contributed by atoms with Crippen LogP contribution in [0.5, 0.6) is 0 Å². The molecule has 0 aliphatic rings. The number of fused-ring (bicyclic) bond motifs is 1. The summed E-state index contributed by atoms with van der Waals surface area (Å²) in [7, 11) is 0. The quantitative estimate of drug-likeness (QED) is 0.481. The van der Waals surface area contributed by atoms with Crippen molar-refractivity contribution in [1.29, 1.82) is 0 Å². The van der Waals surface area contributed by atoms with Gasteiger partial charge in [0.1, 0.15) is 0 Å². The Morgan fingerprint density at radius 3 is 2.46 bits per heavy atom. The van der Waals surface area contributed by atoms with Crippen LogP contribution in [0.2, 0.25) is 0 Å². The summed E-state index contributed by atoms with van der Waals surface area (Å²) >= 11 is 1.36. The Balaban J connectivity index is 1.60. The molecule has 0 aliphatic carbocycles. The standard InChI is InChI=1S/C18H16N4O3S/c1-11-6-8-12(9-7-11)26-10-15(23)19-22-18(25)16-13-4-2-3-5-14(13)17(24)21-20-16/h2-9H,10H2,1H3,(H,19,23)(H,21,24)(H,22,25). The van der Waals surface area contributed by atoms with Gasteiger partial charge in [0.25, 0.3) is 11.5 Å². The van der Waals surface area contributed by atoms with Gasteiger partial charge in [0.05, 0.1) is 11.1 Å². The molecule has 0 atom stereocenters. The normalized spacial score (nSPS) is 10.5. The van der Waals surface area contributed by atoms with Crippen molar-refractivity contribution in [2.45, 2.75) is 11.8 Å². The molecule has 7 nitrogen and oxygen atoms in total. The van der Waals surface area contributed by atoms with Gasteiger partial charge in [0.2, 0.25) is 5.91 Å². The molecule has 1 aromatic heterocycles. The van der Waals surface area contributed by atoms with Gasteiger partial charge in [-0.1, -0.05) is 35.9 Å². The highest BCUT2D eigenvalue weighted by molar-refractivity contribution is 8.00. The molecule has 8 heteroatoms. The zero-order valence-electron chi connectivity index (χ0n) is 13.9. The number of aromatic amines is 1. The number of nitrogens with one attached hydrogen (secondary N) is 3. The minimum absolute atomic E-state index is 0.0340. The Morgan fingerprint density at radius 2 is 1.73 bits per heavy atom. The zero-order valence-corrected chi connectivity index (χ0v) is 14.7. The van der Waals surface area contributed by atoms with Crippen LogP contribution >= 0.6 is 11.8 Å². The van der Waals surface area contributed by atoms with Gasteiger partial charge >= 0.3 is 0 Å². The fourth-order valence-electron chi connectivity index (χ4n) is 2.29. The number of amides is 2. The summed E-state index contributed by atoms with van der Waals surface area (Å²) in [5, 5.41) is 6.83. The van der Waals surface area contributed by atoms with Crippen molar-refractivity contribution in [2.75, 3.05) is 5.75 Å². The number of rotatable bonds is 4. The monoisotopic (exact) mass is 368 g/mol. The Labute approximate surface area is 153 Å². The van der Waals surface area contributed by atoms with E-state index in [1.807, 2.05) is 31.2 Å². The lowest BCUT2D eigenvalue weighted by atomic mass is 10.1. The van der Waals surface area contributed by atoms with Gasteiger partial charge in [0.15, 0.2) is 5.69 Å². The number of aryl methyl sites for hydroxylation is 1. The minimum atomic E-state index is -0.605. The van der Waals surface area contributed by atoms with Crippen LogP contribution in [0.3, 0.4) is 0 Å². The van der Waals surface area contributed by atoms with E-state index in [0.717, 1.165) is 10.5 Å². The van der Waals surface area contributed by atoms with E-state index in [4.69, 9.17) is 0 Å². The molecular weight excluding hydrogens is 352 g/mol. The summed E-state index contributed by atoms with van der Waals surface area (Å²) < 4.78 is 0. The van der Waals surface area contributed by atoms with Gasteiger partial charge < -0.3 is 0 Å². The first-order valence-electron chi connectivity index (χ1n) is 7.80. The van der Waals surface area contributed by atoms with Crippen LogP contribution < -0.4 is 16.4 Å². The van der Waals surface area contributed by atoms with Gasteiger partial charge in [0, 0.05) is 10.3 Å². The Hall–Kier alpha value is -3.13. The van der Waals surface area contributed by atoms with Crippen LogP contribution in [0, 0.1) is 6.92 Å². The van der Waals surface area contributed by atoms with Gasteiger partial charge in [-0.15, -0.1) is 11.8 Å². The van der Waals surface area contributed by atoms with Crippen molar-refractivity contribution in [3.8, 4) is 0 Å². The topological polar surface area (TPSA) is 104 Å². The average molecular weight is 368 g/mol. The molecule has 0 unspecified atom stereocenters. The summed E-state index contributed by atoms with van der Waals surface area (Å²) in [5.74, 6) is -0.799. The number of hydrogen-bond acceptors (Lipinski definition) is 5. The van der Waals surface area contributed by atoms with Crippen LogP contribution in [0.4, 0.5) is 0 Å². The van der Waals surface area contributed by atoms with Crippen LogP contribution in [-0.4, -0.2) is 27.8 Å². The lowest BCUT2D eigenvalue weighted by Gasteiger charge is -2.08. The fourth-order valence-corrected chi connectivity index (χ4v) is 2.99. The molecule has 132 valence electrons. The van der Waals surface area contributed by atoms with E-state index in [2.05, 4.69) is 21.0 Å². The van der Waals surface area contributed by atoms with Gasteiger partial charge in [-0.3, -0.25) is 25.2 Å². The SMILES string of the molecule is Cc1ccc(SCC(=O)NNC(=O)c2n[nH]c(=O)c3ccccc23)cc1. The maximum atomic E-state index is 12.3. The summed E-state index contributed by atoms with van der Waals surface area (Å²) in [6.45, 7) is 1.99. The summed E-state index contributed by atoms with van der Waals surface area (Å²) in [5.41, 5.74) is 5.47. The van der Waals surface area contributed by atoms with E-state index in [1.165, 1.54) is 11.8 Å². The Morgan fingerprint density at radius 1 is 1.04 bits per heavy atom. The van der Waals surface area contributed by atoms with E-state index < -0.39 is 5.91 Å². The first kappa shape index (κ1) is 17.7. The van der Waals surface area contributed by atoms with E-state index in [0.29, 0.717) is 10.8 Å². The smallest absolute Gasteiger partial charge is 0.272 e. The third-order valence-electron chi connectivity index (χ3n) is 3.62. The van der Waals surface area contributed by atoms with Crippen molar-refractivity contribution >= 4 is 34.3 Å². The molecule has 0 aliphatic heterocycles. The molecule has 0 spiro atoms. The molecule has 3 aromatic rings. The number of H-pyrrole nitrogens is 1. The van der Waals surface area contributed by atoms with E-state index in [-0.39, 0.29) is 22.9 Å². The largest absolute Gasteiger partial charge is 0.290 e. The first-order chi connectivity index (χ1) is 12.5. The van der Waals surface area contributed by atoms with Crippen molar-refractivity contribution < 1.29 is 9.59 Å². The fraction of sp³-hybridized carbons (Fsp3) is 0.111. The zero-order chi connectivity index (χ0) is 18.5. The molecule has 3 N–H and O–H groups in total. The second kappa shape index (κ2) is 7.83. The highest BCUT2D eigenvalue weighted by Gasteiger charge is 2.14. The second-order valence-electron chi connectivity index (χ2n) is 5.55. The average Bonchev–Trinajstić information content (AvgIpc) is 2.66. The molecule has 3 rings (SSSR count). The van der Waals surface area contributed by atoms with Crippen molar-refractivity contribution in [3.63, 3.8) is 0 Å². The highest BCUT2D eigenvalue weighted by atomic mass is 32.2. The van der Waals surface area contributed by atoms with E-state index in [9.17, 15) is 14.4 Å². The third-order valence-corrected chi connectivity index (χ3v) is 4.63. The Kier molecular flexibility index (Phi) is 5.33. The summed E-state index contributed by atoms with van der Waals surface area (Å²) in [6, 6.07) is 14.4. The van der Waals surface area contributed by atoms with Crippen LogP contribution in [0.15, 0.2) is 58.2 Å². The maximum Gasteiger partial charge on any atom is 0.290 e. The minimum Gasteiger partial charge on any atom is -0.272 e. The summed E-state index contributed by atoms with van der Waals surface area (Å²) in [4.78, 5) is 36.9. The number of carbonyl (C=O) groups is 2. The number of hydrazine groups is 1. The Bertz CT molecular complexity index is 1010. The number of nitrogens with zero attached hydrogens (tertiary/aromatic N) is 1. The molecule has 1 heterocycles. The lowest BCUT2D eigenvalue weighted by molar-refractivity contribution is -0.119. The molecular formula is C18H16N4O3S. The molecule has 0 fully saturated rings. The molecule has 0 bridgehead atoms. The van der Waals surface area contributed by atoms with Gasteiger partial charge in [-0.25, -0.2) is 5.10 Å². The lowest BCUT2D eigenvalue weighted by Crippen LogP contribution is -2.43. The predicted molar refractivity (Wildman–Crippen MR) is 99.9 cm³/mol. The van der Waals surface area contributed by atoms with Crippen LogP contribution in [0.25, 0.3) is 10.8 Å². The molecule has 0 saturated heterocycles. The van der Waals surface area contributed by atoms with Crippen LogP contribution in [0.1, 0.15) is 16.1 Å². The highest BCUT2D eigenvalue weighted by Crippen LogP contribution is 2.17. The number of hydrogen-bond donors (Lipinski definition) is 3. The molecule has 2 amide bonds. The van der Waals surface area contributed by atoms with Gasteiger partial charge in [-0.05, 0) is 25.1 Å². The molecule has 0 saturated carbocycles. The van der Waals surface area contributed by atoms with Crippen molar-refractivity contribution in [2.24, 2.45) is 0 Å². The third kappa shape index (κ3) is 4.09. The predicted octanol–water partition coefficient (Wildman–Crippen LogP) is 1.78. The molecule has 26 heavy (non-hydrogen) atoms. The number of carbonyl (C=O) groups excluding carboxylic acids is 2. The van der Waals surface area contributed by atoms with E-state index in [1.54, 1.807) is 24.3 Å². The number of thioether (sulfide) groups is 1. The first-order valence-corrected chi connectivity index (χ1v) is 8.79. The maximum absolute atomic E-state index is 12.3.